The van der Waals surface area contributed by atoms with Gasteiger partial charge in [-0.2, -0.15) is 0 Å². The molecule has 4 heterocycles. The fourth-order valence-corrected chi connectivity index (χ4v) is 4.75. The lowest BCUT2D eigenvalue weighted by molar-refractivity contribution is -0.142. The van der Waals surface area contributed by atoms with E-state index >= 15 is 0 Å². The summed E-state index contributed by atoms with van der Waals surface area (Å²) < 4.78 is 0. The summed E-state index contributed by atoms with van der Waals surface area (Å²) in [4.78, 5) is 26.9. The molecule has 0 radical (unpaired) electrons. The van der Waals surface area contributed by atoms with Gasteiger partial charge >= 0.3 is 0 Å². The molecule has 0 saturated carbocycles. The van der Waals surface area contributed by atoms with Gasteiger partial charge < -0.3 is 14.8 Å². The summed E-state index contributed by atoms with van der Waals surface area (Å²) in [6.07, 6.45) is 9.08. The first-order valence-corrected chi connectivity index (χ1v) is 9.31. The number of hydrogen-bond donors (Lipinski definition) is 1. The van der Waals surface area contributed by atoms with Gasteiger partial charge in [-0.25, -0.2) is 4.98 Å². The average Bonchev–Trinajstić information content (AvgIpc) is 3.24. The molecule has 6 heteroatoms. The van der Waals surface area contributed by atoms with Crippen LogP contribution in [0.4, 0.5) is 0 Å². The molecular formula is C18H29N5O. The molecule has 3 fully saturated rings. The number of nitrogens with zero attached hydrogens (tertiary/aromatic N) is 4. The molecule has 6 nitrogen and oxygen atoms in total. The summed E-state index contributed by atoms with van der Waals surface area (Å²) in [5.74, 6) is 0.390. The van der Waals surface area contributed by atoms with Crippen molar-refractivity contribution in [3.8, 4) is 0 Å². The molecular weight excluding hydrogens is 302 g/mol. The number of amides is 1. The lowest BCUT2D eigenvalue weighted by Crippen LogP contribution is -2.54. The van der Waals surface area contributed by atoms with Crippen LogP contribution in [0.3, 0.4) is 0 Å². The first-order chi connectivity index (χ1) is 11.6. The number of imidazole rings is 1. The summed E-state index contributed by atoms with van der Waals surface area (Å²) in [6, 6.07) is 0.447. The highest BCUT2D eigenvalue weighted by Gasteiger charge is 2.43. The summed E-state index contributed by atoms with van der Waals surface area (Å²) in [5, 5.41) is 0. The van der Waals surface area contributed by atoms with Crippen LogP contribution in [0.15, 0.2) is 12.5 Å². The SMILES string of the molecule is CN1CC[C@H](N2CC3(CCC2=O)CCN(Cc2cnc[nH]2)CC3)C1. The Hall–Kier alpha value is -1.40. The Morgan fingerprint density at radius 1 is 1.29 bits per heavy atom. The molecule has 3 saturated heterocycles. The molecule has 3 aliphatic heterocycles. The highest BCUT2D eigenvalue weighted by molar-refractivity contribution is 5.77. The zero-order valence-corrected chi connectivity index (χ0v) is 14.7. The largest absolute Gasteiger partial charge is 0.347 e. The Morgan fingerprint density at radius 3 is 2.79 bits per heavy atom. The van der Waals surface area contributed by atoms with Crippen LogP contribution in [0.1, 0.15) is 37.8 Å². The predicted octanol–water partition coefficient (Wildman–Crippen LogP) is 1.32. The van der Waals surface area contributed by atoms with E-state index in [9.17, 15) is 4.79 Å². The van der Waals surface area contributed by atoms with Crippen molar-refractivity contribution in [3.05, 3.63) is 18.2 Å². The molecule has 132 valence electrons. The second kappa shape index (κ2) is 6.48. The fourth-order valence-electron chi connectivity index (χ4n) is 4.75. The van der Waals surface area contributed by atoms with Crippen LogP contribution in [0.5, 0.6) is 0 Å². The molecule has 1 amide bonds. The molecule has 0 bridgehead atoms. The van der Waals surface area contributed by atoms with Gasteiger partial charge in [0.15, 0.2) is 0 Å². The quantitative estimate of drug-likeness (QED) is 0.908. The third-order valence-electron chi connectivity index (χ3n) is 6.37. The third-order valence-corrected chi connectivity index (χ3v) is 6.37. The van der Waals surface area contributed by atoms with Gasteiger partial charge in [-0.3, -0.25) is 9.69 Å². The maximum absolute atomic E-state index is 12.5. The van der Waals surface area contributed by atoms with Crippen LogP contribution >= 0.6 is 0 Å². The number of carbonyl (C=O) groups is 1. The van der Waals surface area contributed by atoms with Gasteiger partial charge in [0.1, 0.15) is 0 Å². The van der Waals surface area contributed by atoms with Gasteiger partial charge in [-0.15, -0.1) is 0 Å². The van der Waals surface area contributed by atoms with E-state index in [0.29, 0.717) is 17.4 Å². The maximum Gasteiger partial charge on any atom is 0.222 e. The first kappa shape index (κ1) is 16.1. The third kappa shape index (κ3) is 3.22. The van der Waals surface area contributed by atoms with Crippen molar-refractivity contribution in [2.75, 3.05) is 39.8 Å². The molecule has 1 aromatic heterocycles. The Morgan fingerprint density at radius 2 is 2.12 bits per heavy atom. The van der Waals surface area contributed by atoms with Crippen molar-refractivity contribution in [2.45, 2.75) is 44.7 Å². The number of nitrogens with one attached hydrogen (secondary N) is 1. The van der Waals surface area contributed by atoms with Crippen molar-refractivity contribution >= 4 is 5.91 Å². The minimum atomic E-state index is 0.361. The summed E-state index contributed by atoms with van der Waals surface area (Å²) in [7, 11) is 2.16. The Labute approximate surface area is 144 Å². The van der Waals surface area contributed by atoms with Crippen molar-refractivity contribution < 1.29 is 4.79 Å². The van der Waals surface area contributed by atoms with Crippen LogP contribution in [0, 0.1) is 5.41 Å². The van der Waals surface area contributed by atoms with E-state index < -0.39 is 0 Å². The van der Waals surface area contributed by atoms with Crippen LogP contribution in [0.25, 0.3) is 0 Å². The fraction of sp³-hybridized carbons (Fsp3) is 0.778. The molecule has 0 aromatic carbocycles. The lowest BCUT2D eigenvalue weighted by Gasteiger charge is -2.49. The van der Waals surface area contributed by atoms with Crippen molar-refractivity contribution in [1.29, 1.82) is 0 Å². The van der Waals surface area contributed by atoms with E-state index in [2.05, 4.69) is 31.7 Å². The normalized spacial score (nSPS) is 28.8. The summed E-state index contributed by atoms with van der Waals surface area (Å²) in [6.45, 7) is 6.39. The van der Waals surface area contributed by atoms with E-state index in [4.69, 9.17) is 0 Å². The smallest absolute Gasteiger partial charge is 0.222 e. The van der Waals surface area contributed by atoms with Gasteiger partial charge in [-0.1, -0.05) is 0 Å². The number of likely N-dealkylation sites (N-methyl/N-ethyl adjacent to an activating group) is 1. The number of piperidine rings is 2. The van der Waals surface area contributed by atoms with Gasteiger partial charge in [0.2, 0.25) is 5.91 Å². The molecule has 24 heavy (non-hydrogen) atoms. The molecule has 1 N–H and O–H groups in total. The van der Waals surface area contributed by atoms with Crippen molar-refractivity contribution in [2.24, 2.45) is 5.41 Å². The molecule has 0 unspecified atom stereocenters. The molecule has 4 rings (SSSR count). The number of likely N-dealkylation sites (tertiary alicyclic amines) is 3. The molecule has 1 atom stereocenters. The number of hydrogen-bond acceptors (Lipinski definition) is 4. The van der Waals surface area contributed by atoms with Crippen molar-refractivity contribution in [1.82, 2.24) is 24.7 Å². The zero-order valence-electron chi connectivity index (χ0n) is 14.7. The summed E-state index contributed by atoms with van der Waals surface area (Å²) in [5.41, 5.74) is 1.56. The highest BCUT2D eigenvalue weighted by Crippen LogP contribution is 2.41. The molecule has 3 aliphatic rings. The zero-order chi connectivity index (χ0) is 16.6. The van der Waals surface area contributed by atoms with Crippen LogP contribution in [-0.2, 0) is 11.3 Å². The van der Waals surface area contributed by atoms with Crippen LogP contribution < -0.4 is 0 Å². The minimum Gasteiger partial charge on any atom is -0.347 e. The number of carbonyl (C=O) groups excluding carboxylic acids is 1. The lowest BCUT2D eigenvalue weighted by atomic mass is 9.72. The van der Waals surface area contributed by atoms with E-state index in [1.54, 1.807) is 6.33 Å². The predicted molar refractivity (Wildman–Crippen MR) is 92.4 cm³/mol. The van der Waals surface area contributed by atoms with Crippen LogP contribution in [0.2, 0.25) is 0 Å². The van der Waals surface area contributed by atoms with E-state index in [1.165, 1.54) is 18.5 Å². The Kier molecular flexibility index (Phi) is 4.35. The number of aromatic amines is 1. The second-order valence-electron chi connectivity index (χ2n) is 8.08. The number of aromatic nitrogens is 2. The van der Waals surface area contributed by atoms with E-state index in [0.717, 1.165) is 58.5 Å². The first-order valence-electron chi connectivity index (χ1n) is 9.31. The number of H-pyrrole nitrogens is 1. The summed E-state index contributed by atoms with van der Waals surface area (Å²) >= 11 is 0. The van der Waals surface area contributed by atoms with E-state index in [1.807, 2.05) is 6.20 Å². The minimum absolute atomic E-state index is 0.361. The average molecular weight is 331 g/mol. The van der Waals surface area contributed by atoms with E-state index in [-0.39, 0.29) is 0 Å². The molecule has 1 spiro atoms. The highest BCUT2D eigenvalue weighted by atomic mass is 16.2. The monoisotopic (exact) mass is 331 g/mol. The molecule has 1 aromatic rings. The van der Waals surface area contributed by atoms with Gasteiger partial charge in [0.05, 0.1) is 6.33 Å². The van der Waals surface area contributed by atoms with Gasteiger partial charge in [-0.05, 0) is 57.8 Å². The Balaban J connectivity index is 1.36. The van der Waals surface area contributed by atoms with Gasteiger partial charge in [0, 0.05) is 44.0 Å². The van der Waals surface area contributed by atoms with Crippen LogP contribution in [-0.4, -0.2) is 76.4 Å². The topological polar surface area (TPSA) is 55.5 Å². The Bertz CT molecular complexity index is 564. The second-order valence-corrected chi connectivity index (χ2v) is 8.08. The van der Waals surface area contributed by atoms with Gasteiger partial charge in [0.25, 0.3) is 0 Å². The van der Waals surface area contributed by atoms with Crippen molar-refractivity contribution in [3.63, 3.8) is 0 Å². The molecule has 0 aliphatic carbocycles. The maximum atomic E-state index is 12.5. The standard InChI is InChI=1S/C18H29N5O/c1-21-7-3-16(12-21)23-13-18(4-2-17(23)24)5-8-22(9-6-18)11-15-10-19-14-20-15/h10,14,16H,2-9,11-13H2,1H3,(H,19,20)/t16-/m0/s1. The number of rotatable bonds is 3.